The fourth-order valence-electron chi connectivity index (χ4n) is 1.17. The summed E-state index contributed by atoms with van der Waals surface area (Å²) in [5.41, 5.74) is -3.06. The van der Waals surface area contributed by atoms with Crippen molar-refractivity contribution in [3.63, 3.8) is 0 Å². The van der Waals surface area contributed by atoms with Crippen LogP contribution >= 0.6 is 27.7 Å². The zero-order valence-electron chi connectivity index (χ0n) is 7.10. The lowest BCUT2D eigenvalue weighted by molar-refractivity contribution is -0.0328. The third-order valence-corrected chi connectivity index (χ3v) is 2.99. The van der Waals surface area contributed by atoms with E-state index in [1.54, 1.807) is 0 Å². The summed E-state index contributed by atoms with van der Waals surface area (Å²) in [6.07, 6.45) is 1.44. The zero-order valence-corrected chi connectivity index (χ0v) is 9.50. The molecular weight excluding hydrogens is 293 g/mol. The molecule has 0 amide bonds. The standard InChI is InChI=1S/C8H4BrF3N2S/c9-5-1-4(15-8(10,11)12)2-6-7(5)14-3-13-6/h1-3H,(H,13,14). The van der Waals surface area contributed by atoms with Gasteiger partial charge in [0.25, 0.3) is 0 Å². The fraction of sp³-hybridized carbons (Fsp3) is 0.125. The van der Waals surface area contributed by atoms with Gasteiger partial charge in [0.1, 0.15) is 5.52 Å². The Morgan fingerprint density at radius 2 is 2.07 bits per heavy atom. The van der Waals surface area contributed by atoms with E-state index in [0.29, 0.717) is 15.5 Å². The molecule has 0 radical (unpaired) electrons. The SMILES string of the molecule is FC(F)(F)Sc1cc(Br)c2nc[nH]c2c1. The maximum atomic E-state index is 12.1. The maximum Gasteiger partial charge on any atom is 0.446 e. The Morgan fingerprint density at radius 1 is 1.33 bits per heavy atom. The molecule has 0 aliphatic rings. The normalized spacial score (nSPS) is 12.3. The van der Waals surface area contributed by atoms with E-state index in [2.05, 4.69) is 25.9 Å². The highest BCUT2D eigenvalue weighted by Crippen LogP contribution is 2.39. The first-order valence-corrected chi connectivity index (χ1v) is 5.45. The van der Waals surface area contributed by atoms with Gasteiger partial charge in [-0.05, 0) is 39.8 Å². The van der Waals surface area contributed by atoms with Crippen molar-refractivity contribution in [1.29, 1.82) is 0 Å². The topological polar surface area (TPSA) is 28.7 Å². The van der Waals surface area contributed by atoms with E-state index in [0.717, 1.165) is 0 Å². The number of aromatic nitrogens is 2. The monoisotopic (exact) mass is 296 g/mol. The minimum absolute atomic E-state index is 0.131. The molecule has 1 N–H and O–H groups in total. The van der Waals surface area contributed by atoms with Gasteiger partial charge in [-0.2, -0.15) is 13.2 Å². The van der Waals surface area contributed by atoms with E-state index in [1.165, 1.54) is 18.5 Å². The molecule has 1 aromatic heterocycles. The zero-order chi connectivity index (χ0) is 11.1. The summed E-state index contributed by atoms with van der Waals surface area (Å²) >= 11 is 3.03. The largest absolute Gasteiger partial charge is 0.446 e. The minimum atomic E-state index is -4.27. The van der Waals surface area contributed by atoms with Crippen LogP contribution in [-0.4, -0.2) is 15.5 Å². The second-order valence-corrected chi connectivity index (χ2v) is 4.74. The Kier molecular flexibility index (Phi) is 2.68. The number of thioether (sulfide) groups is 1. The van der Waals surface area contributed by atoms with Gasteiger partial charge in [0.15, 0.2) is 0 Å². The molecule has 0 aliphatic carbocycles. The van der Waals surface area contributed by atoms with Crippen LogP contribution in [-0.2, 0) is 0 Å². The highest BCUT2D eigenvalue weighted by Gasteiger charge is 2.29. The van der Waals surface area contributed by atoms with Gasteiger partial charge in [0, 0.05) is 9.37 Å². The lowest BCUT2D eigenvalue weighted by Crippen LogP contribution is -1.98. The number of nitrogens with zero attached hydrogens (tertiary/aromatic N) is 1. The molecule has 15 heavy (non-hydrogen) atoms. The number of halogens is 4. The van der Waals surface area contributed by atoms with E-state index < -0.39 is 5.51 Å². The number of aromatic amines is 1. The molecule has 2 aromatic rings. The minimum Gasteiger partial charge on any atom is -0.345 e. The number of fused-ring (bicyclic) bond motifs is 1. The molecule has 7 heteroatoms. The van der Waals surface area contributed by atoms with Crippen molar-refractivity contribution in [2.45, 2.75) is 10.4 Å². The predicted octanol–water partition coefficient (Wildman–Crippen LogP) is 3.94. The van der Waals surface area contributed by atoms with Gasteiger partial charge in [-0.3, -0.25) is 0 Å². The van der Waals surface area contributed by atoms with Crippen LogP contribution in [0.5, 0.6) is 0 Å². The number of H-pyrrole nitrogens is 1. The summed E-state index contributed by atoms with van der Waals surface area (Å²) in [4.78, 5) is 6.86. The quantitative estimate of drug-likeness (QED) is 0.808. The number of alkyl halides is 3. The van der Waals surface area contributed by atoms with Gasteiger partial charge in [-0.15, -0.1) is 0 Å². The van der Waals surface area contributed by atoms with Crippen LogP contribution < -0.4 is 0 Å². The Hall–Kier alpha value is -0.690. The molecule has 0 unspecified atom stereocenters. The first-order chi connectivity index (χ1) is 6.96. The number of nitrogens with one attached hydrogen (secondary N) is 1. The van der Waals surface area contributed by atoms with Crippen LogP contribution in [0, 0.1) is 0 Å². The second-order valence-electron chi connectivity index (χ2n) is 2.75. The number of hydrogen-bond acceptors (Lipinski definition) is 2. The number of hydrogen-bond donors (Lipinski definition) is 1. The van der Waals surface area contributed by atoms with E-state index >= 15 is 0 Å². The van der Waals surface area contributed by atoms with Crippen molar-refractivity contribution in [3.8, 4) is 0 Å². The van der Waals surface area contributed by atoms with Crippen molar-refractivity contribution in [2.75, 3.05) is 0 Å². The molecule has 0 fully saturated rings. The summed E-state index contributed by atoms with van der Waals surface area (Å²) in [6.45, 7) is 0. The van der Waals surface area contributed by atoms with Gasteiger partial charge < -0.3 is 4.98 Å². The first-order valence-electron chi connectivity index (χ1n) is 3.84. The molecule has 2 rings (SSSR count). The van der Waals surface area contributed by atoms with Crippen LogP contribution in [0.1, 0.15) is 0 Å². The maximum absolute atomic E-state index is 12.1. The molecule has 0 spiro atoms. The van der Waals surface area contributed by atoms with Crippen LogP contribution in [0.4, 0.5) is 13.2 Å². The molecule has 0 aliphatic heterocycles. The summed E-state index contributed by atoms with van der Waals surface area (Å²) in [7, 11) is 0. The summed E-state index contributed by atoms with van der Waals surface area (Å²) in [5, 5.41) is 0. The molecule has 2 nitrogen and oxygen atoms in total. The lowest BCUT2D eigenvalue weighted by atomic mass is 10.3. The van der Waals surface area contributed by atoms with Gasteiger partial charge in [-0.25, -0.2) is 4.98 Å². The van der Waals surface area contributed by atoms with Crippen molar-refractivity contribution in [2.24, 2.45) is 0 Å². The third-order valence-electron chi connectivity index (χ3n) is 1.68. The van der Waals surface area contributed by atoms with Crippen LogP contribution in [0.2, 0.25) is 0 Å². The van der Waals surface area contributed by atoms with Gasteiger partial charge in [-0.1, -0.05) is 0 Å². The van der Waals surface area contributed by atoms with Crippen LogP contribution in [0.15, 0.2) is 27.8 Å². The molecule has 1 heterocycles. The Morgan fingerprint density at radius 3 is 2.73 bits per heavy atom. The molecular formula is C8H4BrF3N2S. The van der Waals surface area contributed by atoms with E-state index in [1.807, 2.05) is 0 Å². The molecule has 0 bridgehead atoms. The smallest absolute Gasteiger partial charge is 0.345 e. The van der Waals surface area contributed by atoms with Crippen molar-refractivity contribution >= 4 is 38.7 Å². The summed E-state index contributed by atoms with van der Waals surface area (Å²) in [5.74, 6) is 0. The summed E-state index contributed by atoms with van der Waals surface area (Å²) < 4.78 is 36.9. The van der Waals surface area contributed by atoms with E-state index in [-0.39, 0.29) is 16.7 Å². The number of benzene rings is 1. The Labute approximate surface area is 95.4 Å². The molecule has 80 valence electrons. The van der Waals surface area contributed by atoms with Crippen molar-refractivity contribution in [1.82, 2.24) is 9.97 Å². The molecule has 0 saturated heterocycles. The van der Waals surface area contributed by atoms with Gasteiger partial charge in [0.2, 0.25) is 0 Å². The summed E-state index contributed by atoms with van der Waals surface area (Å²) in [6, 6.07) is 2.83. The number of rotatable bonds is 1. The lowest BCUT2D eigenvalue weighted by Gasteiger charge is -2.05. The van der Waals surface area contributed by atoms with E-state index in [4.69, 9.17) is 0 Å². The van der Waals surface area contributed by atoms with Crippen molar-refractivity contribution < 1.29 is 13.2 Å². The third kappa shape index (κ3) is 2.46. The van der Waals surface area contributed by atoms with E-state index in [9.17, 15) is 13.2 Å². The number of imidazole rings is 1. The fourth-order valence-corrected chi connectivity index (χ4v) is 2.51. The average molecular weight is 297 g/mol. The second kappa shape index (κ2) is 3.71. The first kappa shape index (κ1) is 10.8. The average Bonchev–Trinajstić information content (AvgIpc) is 2.48. The van der Waals surface area contributed by atoms with Crippen LogP contribution in [0.25, 0.3) is 11.0 Å². The Balaban J connectivity index is 2.45. The van der Waals surface area contributed by atoms with Gasteiger partial charge >= 0.3 is 5.51 Å². The predicted molar refractivity (Wildman–Crippen MR) is 55.7 cm³/mol. The van der Waals surface area contributed by atoms with Gasteiger partial charge in [0.05, 0.1) is 11.8 Å². The Bertz CT molecular complexity index is 494. The molecule has 0 saturated carbocycles. The molecule has 1 aromatic carbocycles. The molecule has 0 atom stereocenters. The van der Waals surface area contributed by atoms with Crippen molar-refractivity contribution in [3.05, 3.63) is 22.9 Å². The highest BCUT2D eigenvalue weighted by atomic mass is 79.9. The van der Waals surface area contributed by atoms with Crippen LogP contribution in [0.3, 0.4) is 0 Å². The highest BCUT2D eigenvalue weighted by molar-refractivity contribution is 9.10.